The topological polar surface area (TPSA) is 63.2 Å². The number of hydrogen-bond donors (Lipinski definition) is 2. The van der Waals surface area contributed by atoms with Gasteiger partial charge in [0.25, 0.3) is 5.91 Å². The Morgan fingerprint density at radius 2 is 2.23 bits per heavy atom. The second-order valence-corrected chi connectivity index (χ2v) is 4.79. The van der Waals surface area contributed by atoms with Crippen LogP contribution >= 0.6 is 12.4 Å². The molecule has 1 unspecified atom stereocenters. The van der Waals surface area contributed by atoms with Gasteiger partial charge in [-0.1, -0.05) is 0 Å². The van der Waals surface area contributed by atoms with E-state index in [2.05, 4.69) is 20.4 Å². The van der Waals surface area contributed by atoms with Crippen molar-refractivity contribution in [2.45, 2.75) is 25.1 Å². The van der Waals surface area contributed by atoms with Crippen LogP contribution in [0.15, 0.2) is 18.3 Å². The third-order valence-electron chi connectivity index (χ3n) is 3.05. The summed E-state index contributed by atoms with van der Waals surface area (Å²) in [6.45, 7) is 0.0669. The van der Waals surface area contributed by atoms with Crippen LogP contribution in [-0.2, 0) is 0 Å². The van der Waals surface area contributed by atoms with E-state index in [4.69, 9.17) is 0 Å². The predicted octanol–water partition coefficient (Wildman–Crippen LogP) is 1.93. The number of aromatic nitrogens is 1. The molecule has 9 heteroatoms. The second-order valence-electron chi connectivity index (χ2n) is 4.79. The molecule has 1 saturated heterocycles. The highest BCUT2D eigenvalue weighted by Crippen LogP contribution is 2.17. The van der Waals surface area contributed by atoms with Gasteiger partial charge in [0.15, 0.2) is 6.61 Å². The summed E-state index contributed by atoms with van der Waals surface area (Å²) in [5, 5.41) is 6.00. The zero-order valence-corrected chi connectivity index (χ0v) is 12.5. The highest BCUT2D eigenvalue weighted by Gasteiger charge is 2.28. The van der Waals surface area contributed by atoms with Crippen molar-refractivity contribution >= 4 is 18.3 Å². The van der Waals surface area contributed by atoms with Gasteiger partial charge in [-0.05, 0) is 25.5 Å². The molecule has 1 aliphatic heterocycles. The molecule has 0 spiro atoms. The average molecular weight is 340 g/mol. The van der Waals surface area contributed by atoms with Gasteiger partial charge in [-0.15, -0.1) is 12.4 Å². The van der Waals surface area contributed by atoms with Crippen molar-refractivity contribution in [1.82, 2.24) is 15.6 Å². The molecule has 2 heterocycles. The lowest BCUT2D eigenvalue weighted by atomic mass is 10.2. The number of amides is 1. The van der Waals surface area contributed by atoms with Crippen LogP contribution in [0.5, 0.6) is 5.88 Å². The molecule has 1 aliphatic rings. The minimum atomic E-state index is -4.41. The van der Waals surface area contributed by atoms with E-state index < -0.39 is 12.8 Å². The summed E-state index contributed by atoms with van der Waals surface area (Å²) < 4.78 is 40.4. The number of nitrogens with one attached hydrogen (secondary N) is 2. The van der Waals surface area contributed by atoms with Crippen molar-refractivity contribution in [3.05, 3.63) is 23.9 Å². The smallest absolute Gasteiger partial charge is 0.422 e. The molecule has 0 bridgehead atoms. The Labute approximate surface area is 132 Å². The standard InChI is InChI=1S/C13H16F3N3O2.ClH/c14-13(15,16)8-21-11-4-3-9(6-18-11)12(20)19-7-10-2-1-5-17-10;/h3-4,6,10,17H,1-2,5,7-8H2,(H,19,20);1H. The molecule has 0 saturated carbocycles. The maximum Gasteiger partial charge on any atom is 0.422 e. The summed E-state index contributed by atoms with van der Waals surface area (Å²) in [7, 11) is 0. The predicted molar refractivity (Wildman–Crippen MR) is 76.4 cm³/mol. The van der Waals surface area contributed by atoms with Gasteiger partial charge in [-0.2, -0.15) is 13.2 Å². The lowest BCUT2D eigenvalue weighted by Gasteiger charge is -2.12. The van der Waals surface area contributed by atoms with Crippen molar-refractivity contribution in [2.75, 3.05) is 19.7 Å². The van der Waals surface area contributed by atoms with Crippen molar-refractivity contribution in [3.8, 4) is 5.88 Å². The van der Waals surface area contributed by atoms with E-state index >= 15 is 0 Å². The second kappa shape index (κ2) is 8.19. The fourth-order valence-corrected chi connectivity index (χ4v) is 2.00. The Balaban J connectivity index is 0.00000242. The molecule has 1 atom stereocenters. The lowest BCUT2D eigenvalue weighted by molar-refractivity contribution is -0.154. The Kier molecular flexibility index (Phi) is 6.89. The molecule has 1 amide bonds. The Morgan fingerprint density at radius 1 is 1.45 bits per heavy atom. The van der Waals surface area contributed by atoms with Crippen LogP contribution in [0, 0.1) is 0 Å². The summed E-state index contributed by atoms with van der Waals surface area (Å²) in [6.07, 6.45) is -1.11. The Bertz CT molecular complexity index is 476. The van der Waals surface area contributed by atoms with Gasteiger partial charge in [-0.3, -0.25) is 4.79 Å². The quantitative estimate of drug-likeness (QED) is 0.860. The van der Waals surface area contributed by atoms with Crippen molar-refractivity contribution < 1.29 is 22.7 Å². The number of carbonyl (C=O) groups excluding carboxylic acids is 1. The summed E-state index contributed by atoms with van der Waals surface area (Å²) in [6, 6.07) is 2.90. The van der Waals surface area contributed by atoms with E-state index in [0.29, 0.717) is 6.54 Å². The van der Waals surface area contributed by atoms with E-state index in [0.717, 1.165) is 19.4 Å². The first-order valence-corrected chi connectivity index (χ1v) is 6.61. The first kappa shape index (κ1) is 18.5. The number of hydrogen-bond acceptors (Lipinski definition) is 4. The number of ether oxygens (including phenoxy) is 1. The molecular formula is C13H17ClF3N3O2. The number of carbonyl (C=O) groups is 1. The number of pyridine rings is 1. The minimum absolute atomic E-state index is 0. The van der Waals surface area contributed by atoms with Gasteiger partial charge >= 0.3 is 6.18 Å². The Morgan fingerprint density at radius 3 is 2.77 bits per heavy atom. The molecule has 2 rings (SSSR count). The number of rotatable bonds is 5. The van der Waals surface area contributed by atoms with Crippen molar-refractivity contribution in [1.29, 1.82) is 0 Å². The largest absolute Gasteiger partial charge is 0.468 e. The van der Waals surface area contributed by atoms with Crippen molar-refractivity contribution in [3.63, 3.8) is 0 Å². The fourth-order valence-electron chi connectivity index (χ4n) is 2.00. The normalized spacial score (nSPS) is 17.7. The summed E-state index contributed by atoms with van der Waals surface area (Å²) in [5.74, 6) is -0.472. The molecule has 1 aromatic heterocycles. The van der Waals surface area contributed by atoms with Gasteiger partial charge < -0.3 is 15.4 Å². The zero-order valence-electron chi connectivity index (χ0n) is 11.7. The average Bonchev–Trinajstić information content (AvgIpc) is 2.95. The minimum Gasteiger partial charge on any atom is -0.468 e. The van der Waals surface area contributed by atoms with Crippen LogP contribution in [-0.4, -0.2) is 42.8 Å². The summed E-state index contributed by atoms with van der Waals surface area (Å²) >= 11 is 0. The molecule has 22 heavy (non-hydrogen) atoms. The summed E-state index contributed by atoms with van der Waals surface area (Å²) in [4.78, 5) is 15.5. The van der Waals surface area contributed by atoms with Crippen LogP contribution < -0.4 is 15.4 Å². The van der Waals surface area contributed by atoms with Gasteiger partial charge in [0, 0.05) is 24.8 Å². The van der Waals surface area contributed by atoms with Gasteiger partial charge in [-0.25, -0.2) is 4.98 Å². The molecular weight excluding hydrogens is 323 g/mol. The van der Waals surface area contributed by atoms with E-state index in [1.807, 2.05) is 0 Å². The molecule has 1 fully saturated rings. The van der Waals surface area contributed by atoms with E-state index in [9.17, 15) is 18.0 Å². The van der Waals surface area contributed by atoms with Crippen LogP contribution in [0.2, 0.25) is 0 Å². The maximum absolute atomic E-state index is 12.0. The molecule has 2 N–H and O–H groups in total. The number of alkyl halides is 3. The fraction of sp³-hybridized carbons (Fsp3) is 0.538. The number of halogens is 4. The molecule has 0 aromatic carbocycles. The highest BCUT2D eigenvalue weighted by atomic mass is 35.5. The first-order valence-electron chi connectivity index (χ1n) is 6.61. The molecule has 5 nitrogen and oxygen atoms in total. The number of nitrogens with zero attached hydrogens (tertiary/aromatic N) is 1. The molecule has 0 aliphatic carbocycles. The lowest BCUT2D eigenvalue weighted by Crippen LogP contribution is -2.37. The van der Waals surface area contributed by atoms with Crippen LogP contribution in [0.1, 0.15) is 23.2 Å². The van der Waals surface area contributed by atoms with Gasteiger partial charge in [0.05, 0.1) is 5.56 Å². The molecule has 1 aromatic rings. The highest BCUT2D eigenvalue weighted by molar-refractivity contribution is 5.93. The van der Waals surface area contributed by atoms with E-state index in [1.165, 1.54) is 18.3 Å². The molecule has 0 radical (unpaired) electrons. The van der Waals surface area contributed by atoms with Crippen molar-refractivity contribution in [2.24, 2.45) is 0 Å². The Hall–Kier alpha value is -1.54. The zero-order chi connectivity index (χ0) is 15.3. The van der Waals surface area contributed by atoms with E-state index in [-0.39, 0.29) is 35.8 Å². The summed E-state index contributed by atoms with van der Waals surface area (Å²) in [5.41, 5.74) is 0.285. The van der Waals surface area contributed by atoms with Crippen LogP contribution in [0.3, 0.4) is 0 Å². The maximum atomic E-state index is 12.0. The first-order chi connectivity index (χ1) is 9.94. The molecule has 124 valence electrons. The van der Waals surface area contributed by atoms with Gasteiger partial charge in [0.1, 0.15) is 0 Å². The van der Waals surface area contributed by atoms with E-state index in [1.54, 1.807) is 0 Å². The van der Waals surface area contributed by atoms with Gasteiger partial charge in [0.2, 0.25) is 5.88 Å². The SMILES string of the molecule is Cl.O=C(NCC1CCCN1)c1ccc(OCC(F)(F)F)nc1. The van der Waals surface area contributed by atoms with Crippen LogP contribution in [0.4, 0.5) is 13.2 Å². The van der Waals surface area contributed by atoms with Crippen LogP contribution in [0.25, 0.3) is 0 Å². The third kappa shape index (κ3) is 6.07. The third-order valence-corrected chi connectivity index (χ3v) is 3.05. The monoisotopic (exact) mass is 339 g/mol.